The zero-order valence-electron chi connectivity index (χ0n) is 33.8. The maximum absolute atomic E-state index is 13.9. The maximum Gasteiger partial charge on any atom is 0.407 e. The summed E-state index contributed by atoms with van der Waals surface area (Å²) in [5.41, 5.74) is 6.13. The number of hydrogen-bond donors (Lipinski definition) is 4. The van der Waals surface area contributed by atoms with Crippen molar-refractivity contribution in [3.63, 3.8) is 0 Å². The Kier molecular flexibility index (Phi) is 11.3. The third kappa shape index (κ3) is 8.04. The smallest absolute Gasteiger partial charge is 0.407 e. The van der Waals surface area contributed by atoms with Gasteiger partial charge in [0.2, 0.25) is 11.8 Å². The fourth-order valence-electron chi connectivity index (χ4n) is 8.10. The number of alkyl carbamates (subject to hydrolysis) is 2. The molecule has 0 saturated carbocycles. The van der Waals surface area contributed by atoms with Crippen molar-refractivity contribution in [2.75, 3.05) is 27.3 Å². The Morgan fingerprint density at radius 1 is 0.733 bits per heavy atom. The summed E-state index contributed by atoms with van der Waals surface area (Å²) >= 11 is 0. The zero-order chi connectivity index (χ0) is 41.9. The summed E-state index contributed by atoms with van der Waals surface area (Å²) in [5, 5.41) is 5.39. The van der Waals surface area contributed by atoms with E-state index in [1.165, 1.54) is 14.2 Å². The number of carbonyl (C=O) groups is 4. The number of H-pyrrole nitrogens is 2. The first-order valence-corrected chi connectivity index (χ1v) is 20.1. The summed E-state index contributed by atoms with van der Waals surface area (Å²) in [6, 6.07) is 20.6. The molecule has 3 aromatic carbocycles. The van der Waals surface area contributed by atoms with Gasteiger partial charge in [-0.15, -0.1) is 0 Å². The third-order valence-electron chi connectivity index (χ3n) is 11.3. The van der Waals surface area contributed by atoms with Crippen LogP contribution in [0.5, 0.6) is 0 Å². The number of ether oxygens (including phenoxy) is 2. The van der Waals surface area contributed by atoms with E-state index in [0.717, 1.165) is 53.8 Å². The highest BCUT2D eigenvalue weighted by atomic mass is 16.5. The molecule has 60 heavy (non-hydrogen) atoms. The summed E-state index contributed by atoms with van der Waals surface area (Å²) < 4.78 is 15.8. The minimum Gasteiger partial charge on any atom is -0.453 e. The SMILES string of the molecule is COC(=O)NC(C(=O)N1CCCC1c1ncc(-c2ccc(-c3nc4cc(-c5cnc(C6CCCN6C(=O)C(NC(=O)OC)C(C)C)[nH]5)ccc4o3)cc2)[nH]1)c1ccccc1. The number of aromatic nitrogens is 5. The molecule has 6 aromatic rings. The van der Waals surface area contributed by atoms with Crippen molar-refractivity contribution in [3.05, 3.63) is 102 Å². The second-order valence-electron chi connectivity index (χ2n) is 15.4. The number of oxazole rings is 1. The predicted molar refractivity (Wildman–Crippen MR) is 221 cm³/mol. The first-order chi connectivity index (χ1) is 29.1. The van der Waals surface area contributed by atoms with Crippen LogP contribution in [-0.4, -0.2) is 92.1 Å². The number of amides is 4. The van der Waals surface area contributed by atoms with Gasteiger partial charge in [-0.05, 0) is 73.1 Å². The molecule has 4 unspecified atom stereocenters. The number of methoxy groups -OCH3 is 2. The van der Waals surface area contributed by atoms with Crippen LogP contribution in [-0.2, 0) is 19.1 Å². The molecule has 16 nitrogen and oxygen atoms in total. The van der Waals surface area contributed by atoms with E-state index < -0.39 is 24.3 Å². The first kappa shape index (κ1) is 39.8. The molecule has 0 spiro atoms. The summed E-state index contributed by atoms with van der Waals surface area (Å²) in [6.45, 7) is 4.88. The summed E-state index contributed by atoms with van der Waals surface area (Å²) in [5.74, 6) is 1.31. The minimum atomic E-state index is -0.896. The number of likely N-dealkylation sites (tertiary alicyclic amines) is 2. The molecular weight excluding hydrogens is 767 g/mol. The van der Waals surface area contributed by atoms with Crippen LogP contribution in [0.1, 0.15) is 74.9 Å². The fraction of sp³-hybridized carbons (Fsp3) is 0.341. The molecule has 0 radical (unpaired) electrons. The maximum atomic E-state index is 13.9. The van der Waals surface area contributed by atoms with E-state index in [1.807, 2.05) is 86.6 Å². The number of imidazole rings is 2. The number of nitrogens with zero attached hydrogens (tertiary/aromatic N) is 5. The lowest BCUT2D eigenvalue weighted by Crippen LogP contribution is -2.51. The lowest BCUT2D eigenvalue weighted by atomic mass is 10.0. The van der Waals surface area contributed by atoms with Crippen molar-refractivity contribution < 1.29 is 33.1 Å². The zero-order valence-corrected chi connectivity index (χ0v) is 33.8. The van der Waals surface area contributed by atoms with Crippen molar-refractivity contribution in [1.29, 1.82) is 0 Å². The topological polar surface area (TPSA) is 201 Å². The Balaban J connectivity index is 0.951. The number of benzene rings is 3. The van der Waals surface area contributed by atoms with Crippen LogP contribution in [0.2, 0.25) is 0 Å². The van der Waals surface area contributed by atoms with Gasteiger partial charge in [0.15, 0.2) is 5.58 Å². The normalized spacial score (nSPS) is 17.5. The van der Waals surface area contributed by atoms with E-state index in [0.29, 0.717) is 47.3 Å². The van der Waals surface area contributed by atoms with E-state index in [9.17, 15) is 19.2 Å². The number of fused-ring (bicyclic) bond motifs is 1. The Labute approximate surface area is 346 Å². The van der Waals surface area contributed by atoms with Gasteiger partial charge in [0.25, 0.3) is 5.91 Å². The molecule has 4 atom stereocenters. The molecule has 0 aliphatic carbocycles. The van der Waals surface area contributed by atoms with E-state index in [2.05, 4.69) is 30.6 Å². The largest absolute Gasteiger partial charge is 0.453 e. The van der Waals surface area contributed by atoms with Crippen LogP contribution >= 0.6 is 0 Å². The van der Waals surface area contributed by atoms with Gasteiger partial charge in [-0.25, -0.2) is 24.5 Å². The summed E-state index contributed by atoms with van der Waals surface area (Å²) in [6.07, 6.45) is 5.31. The van der Waals surface area contributed by atoms with E-state index in [1.54, 1.807) is 22.2 Å². The average Bonchev–Trinajstić information content (AvgIpc) is 4.13. The van der Waals surface area contributed by atoms with Crippen molar-refractivity contribution in [2.45, 2.75) is 63.7 Å². The Morgan fingerprint density at radius 3 is 1.92 bits per heavy atom. The molecule has 8 rings (SSSR count). The molecule has 2 aliphatic rings. The molecular formula is C44H47N9O7. The lowest BCUT2D eigenvalue weighted by molar-refractivity contribution is -0.135. The second-order valence-corrected chi connectivity index (χ2v) is 15.4. The number of nitrogens with one attached hydrogen (secondary N) is 4. The molecule has 310 valence electrons. The Bertz CT molecular complexity index is 2490. The Hall–Kier alpha value is -6.97. The quantitative estimate of drug-likeness (QED) is 0.105. The highest BCUT2D eigenvalue weighted by molar-refractivity contribution is 5.88. The molecule has 16 heteroatoms. The van der Waals surface area contributed by atoms with Gasteiger partial charge in [-0.1, -0.05) is 56.3 Å². The number of rotatable bonds is 11. The molecule has 2 saturated heterocycles. The van der Waals surface area contributed by atoms with E-state index >= 15 is 0 Å². The highest BCUT2D eigenvalue weighted by Gasteiger charge is 2.39. The summed E-state index contributed by atoms with van der Waals surface area (Å²) in [4.78, 5) is 76.3. The number of hydrogen-bond acceptors (Lipinski definition) is 10. The molecule has 3 aromatic heterocycles. The van der Waals surface area contributed by atoms with Crippen molar-refractivity contribution in [2.24, 2.45) is 5.92 Å². The van der Waals surface area contributed by atoms with Gasteiger partial charge >= 0.3 is 12.2 Å². The molecule has 0 bridgehead atoms. The van der Waals surface area contributed by atoms with Crippen LogP contribution in [0.25, 0.3) is 45.1 Å². The molecule has 4 N–H and O–H groups in total. The van der Waals surface area contributed by atoms with Gasteiger partial charge in [0, 0.05) is 24.2 Å². The van der Waals surface area contributed by atoms with Gasteiger partial charge in [0.1, 0.15) is 29.2 Å². The molecule has 5 heterocycles. The van der Waals surface area contributed by atoms with Crippen LogP contribution in [0.4, 0.5) is 9.59 Å². The van der Waals surface area contributed by atoms with Gasteiger partial charge in [-0.3, -0.25) is 9.59 Å². The number of carbonyl (C=O) groups excluding carboxylic acids is 4. The summed E-state index contributed by atoms with van der Waals surface area (Å²) in [7, 11) is 2.55. The van der Waals surface area contributed by atoms with Crippen LogP contribution in [0.15, 0.2) is 89.6 Å². The van der Waals surface area contributed by atoms with E-state index in [-0.39, 0.29) is 29.8 Å². The first-order valence-electron chi connectivity index (χ1n) is 20.1. The van der Waals surface area contributed by atoms with Crippen molar-refractivity contribution in [1.82, 2.24) is 45.4 Å². The average molecular weight is 814 g/mol. The predicted octanol–water partition coefficient (Wildman–Crippen LogP) is 7.08. The van der Waals surface area contributed by atoms with Crippen LogP contribution in [0, 0.1) is 5.92 Å². The molecule has 4 amide bonds. The fourth-order valence-corrected chi connectivity index (χ4v) is 8.10. The highest BCUT2D eigenvalue weighted by Crippen LogP contribution is 2.36. The van der Waals surface area contributed by atoms with Gasteiger partial charge in [0.05, 0.1) is 50.1 Å². The van der Waals surface area contributed by atoms with Crippen molar-refractivity contribution >= 4 is 35.1 Å². The standard InChI is InChI=1S/C44H47N9O7/c1-25(2)36(50-43(56)58-3)41(54)52-20-8-12-33(52)39-46-24-32(48-39)29-18-19-35-30(22-29)49-40(60-35)28-16-14-26(15-17-28)31-23-45-38(47-31)34-13-9-21-53(34)42(55)37(51-44(57)59-4)27-10-6-5-7-11-27/h5-7,10-11,14-19,22-25,33-34,36-37H,8-9,12-13,20-21H2,1-4H3,(H,45,47)(H,46,48)(H,50,56)(H,51,57). The van der Waals surface area contributed by atoms with Gasteiger partial charge < -0.3 is 44.3 Å². The minimum absolute atomic E-state index is 0.125. The van der Waals surface area contributed by atoms with Crippen LogP contribution in [0.3, 0.4) is 0 Å². The van der Waals surface area contributed by atoms with Crippen LogP contribution < -0.4 is 10.6 Å². The third-order valence-corrected chi connectivity index (χ3v) is 11.3. The van der Waals surface area contributed by atoms with Crippen molar-refractivity contribution in [3.8, 4) is 34.0 Å². The molecule has 2 fully saturated rings. The Morgan fingerprint density at radius 2 is 1.30 bits per heavy atom. The monoisotopic (exact) mass is 813 g/mol. The molecule has 2 aliphatic heterocycles. The second kappa shape index (κ2) is 17.1. The lowest BCUT2D eigenvalue weighted by Gasteiger charge is -2.30. The number of aromatic amines is 2. The van der Waals surface area contributed by atoms with Gasteiger partial charge in [-0.2, -0.15) is 0 Å². The van der Waals surface area contributed by atoms with E-state index in [4.69, 9.17) is 18.9 Å².